The van der Waals surface area contributed by atoms with Crippen molar-refractivity contribution in [1.29, 1.82) is 0 Å². The summed E-state index contributed by atoms with van der Waals surface area (Å²) >= 11 is 0. The Morgan fingerprint density at radius 1 is 1.00 bits per heavy atom. The molecule has 208 valence electrons. The highest BCUT2D eigenvalue weighted by Crippen LogP contribution is 2.87. The summed E-state index contributed by atoms with van der Waals surface area (Å²) in [5.74, 6) is 0.784. The van der Waals surface area contributed by atoms with Crippen LogP contribution in [0.5, 0.6) is 0 Å². The number of carboxylic acids is 1. The molecule has 4 aliphatic rings. The molecule has 4 fully saturated rings. The van der Waals surface area contributed by atoms with Crippen LogP contribution in [0.15, 0.2) is 24.3 Å². The van der Waals surface area contributed by atoms with E-state index < -0.39 is 12.1 Å². The van der Waals surface area contributed by atoms with Crippen molar-refractivity contribution in [3.8, 4) is 0 Å². The van der Waals surface area contributed by atoms with E-state index in [1.165, 1.54) is 31.8 Å². The van der Waals surface area contributed by atoms with Crippen LogP contribution in [0.4, 0.5) is 0 Å². The van der Waals surface area contributed by atoms with Gasteiger partial charge in [0.15, 0.2) is 0 Å². The molecule has 4 rings (SSSR count). The molecule has 0 aliphatic heterocycles. The van der Waals surface area contributed by atoms with Crippen molar-refractivity contribution in [2.75, 3.05) is 6.61 Å². The number of carbonyl (C=O) groups is 2. The van der Waals surface area contributed by atoms with E-state index >= 15 is 0 Å². The molecule has 0 heterocycles. The smallest absolute Gasteiger partial charge is 0.303 e. The van der Waals surface area contributed by atoms with Gasteiger partial charge in [-0.1, -0.05) is 38.2 Å². The van der Waals surface area contributed by atoms with E-state index in [0.29, 0.717) is 30.8 Å². The van der Waals surface area contributed by atoms with Gasteiger partial charge < -0.3 is 14.9 Å². The van der Waals surface area contributed by atoms with Crippen LogP contribution in [0.3, 0.4) is 0 Å². The molecule has 1 spiro atoms. The van der Waals surface area contributed by atoms with E-state index in [1.807, 2.05) is 6.92 Å². The first-order valence-electron chi connectivity index (χ1n) is 14.6. The molecule has 9 atom stereocenters. The summed E-state index contributed by atoms with van der Waals surface area (Å²) in [5.41, 5.74) is 2.69. The van der Waals surface area contributed by atoms with E-state index in [2.05, 4.69) is 33.9 Å². The molecule has 0 bridgehead atoms. The fourth-order valence-corrected chi connectivity index (χ4v) is 10.4. The molecule has 37 heavy (non-hydrogen) atoms. The Labute approximate surface area is 224 Å². The summed E-state index contributed by atoms with van der Waals surface area (Å²) in [7, 11) is 0. The van der Waals surface area contributed by atoms with Gasteiger partial charge in [-0.3, -0.25) is 9.59 Å². The average molecular weight is 515 g/mol. The summed E-state index contributed by atoms with van der Waals surface area (Å²) in [6.07, 6.45) is 10.1. The minimum Gasteiger partial charge on any atom is -0.481 e. The predicted octanol–water partition coefficient (Wildman–Crippen LogP) is 6.94. The molecule has 0 aromatic heterocycles. The quantitative estimate of drug-likeness (QED) is 0.230. The third kappa shape index (κ3) is 4.41. The van der Waals surface area contributed by atoms with E-state index in [1.54, 1.807) is 0 Å². The normalized spacial score (nSPS) is 41.5. The third-order valence-corrected chi connectivity index (χ3v) is 12.4. The molecule has 0 aromatic carbocycles. The van der Waals surface area contributed by atoms with Crippen LogP contribution in [0.2, 0.25) is 0 Å². The Hall–Kier alpha value is -1.62. The van der Waals surface area contributed by atoms with Gasteiger partial charge in [0, 0.05) is 13.3 Å². The van der Waals surface area contributed by atoms with Crippen molar-refractivity contribution >= 4 is 11.9 Å². The van der Waals surface area contributed by atoms with Crippen molar-refractivity contribution in [2.24, 2.45) is 45.3 Å². The molecule has 0 radical (unpaired) electrons. The van der Waals surface area contributed by atoms with Crippen molar-refractivity contribution < 1.29 is 24.5 Å². The molecule has 2 N–H and O–H groups in total. The molecule has 0 saturated heterocycles. The van der Waals surface area contributed by atoms with Crippen molar-refractivity contribution in [1.82, 2.24) is 0 Å². The Bertz CT molecular complexity index is 955. The first-order valence-corrected chi connectivity index (χ1v) is 14.6. The van der Waals surface area contributed by atoms with Crippen LogP contribution < -0.4 is 0 Å². The number of hydrogen-bond donors (Lipinski definition) is 2. The van der Waals surface area contributed by atoms with Gasteiger partial charge in [0.05, 0.1) is 12.7 Å². The van der Waals surface area contributed by atoms with Gasteiger partial charge in [0.1, 0.15) is 0 Å². The average Bonchev–Trinajstić information content (AvgIpc) is 3.41. The molecule has 5 heteroatoms. The van der Waals surface area contributed by atoms with E-state index in [-0.39, 0.29) is 40.0 Å². The number of fused-ring (bicyclic) bond motifs is 2. The van der Waals surface area contributed by atoms with E-state index in [9.17, 15) is 19.8 Å². The van der Waals surface area contributed by atoms with Crippen molar-refractivity contribution in [3.63, 3.8) is 0 Å². The van der Waals surface area contributed by atoms with Crippen LogP contribution >= 0.6 is 0 Å². The highest BCUT2D eigenvalue weighted by molar-refractivity contribution is 5.67. The molecule has 0 aromatic rings. The summed E-state index contributed by atoms with van der Waals surface area (Å²) in [5, 5.41) is 20.0. The molecule has 0 unspecified atom stereocenters. The predicted molar refractivity (Wildman–Crippen MR) is 146 cm³/mol. The van der Waals surface area contributed by atoms with E-state index in [4.69, 9.17) is 4.74 Å². The lowest BCUT2D eigenvalue weighted by Gasteiger charge is -2.61. The number of esters is 1. The standard InChI is InChI=1S/C32H50O5/c1-20(2)24-9-11-27-30(7)14-12-25(23(18-37-22(5)33)8-10-26(34)21(3)4)29(30,6)16-17-32(27)19-31(24,32)15-13-28(35)36/h23-27,34H,1,3,8-19H2,2,4-7H3,(H,35,36)/t23-,24-,25+,26+,27-,29+,30-,31+,32-/m0/s1. The maximum atomic E-state index is 11.8. The maximum Gasteiger partial charge on any atom is 0.303 e. The molecule has 5 nitrogen and oxygen atoms in total. The van der Waals surface area contributed by atoms with Crippen molar-refractivity contribution in [3.05, 3.63) is 24.3 Å². The maximum absolute atomic E-state index is 11.8. The first-order chi connectivity index (χ1) is 17.2. The SMILES string of the molecule is C=C(C)[C@H](O)CC[C@@H](COC(C)=O)[C@H]1CC[C@@]2(C)[C@@H]3CC[C@@H](C(=C)C)[C@@]4(CCC(=O)O)C[C@@]34CC[C@]12C. The molecule has 4 saturated carbocycles. The number of aliphatic carboxylic acids is 1. The van der Waals surface area contributed by atoms with Crippen molar-refractivity contribution in [2.45, 2.75) is 111 Å². The number of allylic oxidation sites excluding steroid dienone is 1. The Morgan fingerprint density at radius 3 is 2.30 bits per heavy atom. The summed E-state index contributed by atoms with van der Waals surface area (Å²) in [6, 6.07) is 0. The van der Waals surface area contributed by atoms with Gasteiger partial charge in [0.25, 0.3) is 0 Å². The molecule has 0 amide bonds. The second-order valence-corrected chi connectivity index (χ2v) is 13.9. The van der Waals surface area contributed by atoms with Crippen LogP contribution in [0, 0.1) is 45.3 Å². The van der Waals surface area contributed by atoms with Crippen LogP contribution in [-0.4, -0.2) is 34.9 Å². The lowest BCUT2D eigenvalue weighted by Crippen LogP contribution is -2.54. The van der Waals surface area contributed by atoms with Crippen LogP contribution in [-0.2, 0) is 14.3 Å². The molecule has 4 aliphatic carbocycles. The summed E-state index contributed by atoms with van der Waals surface area (Å²) < 4.78 is 5.60. The fourth-order valence-electron chi connectivity index (χ4n) is 10.4. The summed E-state index contributed by atoms with van der Waals surface area (Å²) in [6.45, 7) is 19.2. The topological polar surface area (TPSA) is 83.8 Å². The Morgan fingerprint density at radius 2 is 1.70 bits per heavy atom. The highest BCUT2D eigenvalue weighted by Gasteiger charge is 2.80. The fraction of sp³-hybridized carbons (Fsp3) is 0.812. The number of hydrogen-bond acceptors (Lipinski definition) is 4. The highest BCUT2D eigenvalue weighted by atomic mass is 16.5. The van der Waals surface area contributed by atoms with Gasteiger partial charge in [-0.15, -0.1) is 0 Å². The zero-order valence-corrected chi connectivity index (χ0v) is 23.9. The minimum absolute atomic E-state index is 0.102. The second-order valence-electron chi connectivity index (χ2n) is 13.9. The Balaban J connectivity index is 1.62. The zero-order chi connectivity index (χ0) is 27.4. The number of carbonyl (C=O) groups excluding carboxylic acids is 1. The second kappa shape index (κ2) is 9.84. The largest absolute Gasteiger partial charge is 0.481 e. The van der Waals surface area contributed by atoms with Gasteiger partial charge in [-0.25, -0.2) is 0 Å². The lowest BCUT2D eigenvalue weighted by molar-refractivity contribution is -0.147. The zero-order valence-electron chi connectivity index (χ0n) is 23.9. The monoisotopic (exact) mass is 514 g/mol. The number of ether oxygens (including phenoxy) is 1. The van der Waals surface area contributed by atoms with Crippen LogP contribution in [0.1, 0.15) is 105 Å². The number of aliphatic hydroxyl groups is 1. The van der Waals surface area contributed by atoms with Crippen LogP contribution in [0.25, 0.3) is 0 Å². The minimum atomic E-state index is -0.683. The Kier molecular flexibility index (Phi) is 7.55. The van der Waals surface area contributed by atoms with Gasteiger partial charge >= 0.3 is 11.9 Å². The number of rotatable bonds is 11. The number of aliphatic hydroxyl groups excluding tert-OH is 1. The van der Waals surface area contributed by atoms with Gasteiger partial charge in [0.2, 0.25) is 0 Å². The molecular weight excluding hydrogens is 464 g/mol. The van der Waals surface area contributed by atoms with E-state index in [0.717, 1.165) is 44.1 Å². The third-order valence-electron chi connectivity index (χ3n) is 12.4. The lowest BCUT2D eigenvalue weighted by atomic mass is 9.43. The number of carboxylic acid groups (broad SMARTS) is 1. The van der Waals surface area contributed by atoms with Gasteiger partial charge in [-0.2, -0.15) is 0 Å². The first kappa shape index (κ1) is 28.4. The van der Waals surface area contributed by atoms with Gasteiger partial charge in [-0.05, 0) is 123 Å². The summed E-state index contributed by atoms with van der Waals surface area (Å²) in [4.78, 5) is 23.4. The molecular formula is C32H50O5.